The summed E-state index contributed by atoms with van der Waals surface area (Å²) in [6.07, 6.45) is 0.221. The van der Waals surface area contributed by atoms with E-state index in [1.165, 1.54) is 36.0 Å². The van der Waals surface area contributed by atoms with Gasteiger partial charge in [-0.3, -0.25) is 19.7 Å². The zero-order valence-corrected chi connectivity index (χ0v) is 20.4. The topological polar surface area (TPSA) is 141 Å². The van der Waals surface area contributed by atoms with Gasteiger partial charge in [-0.1, -0.05) is 23.9 Å². The quantitative estimate of drug-likeness (QED) is 0.233. The second-order valence-corrected chi connectivity index (χ2v) is 8.48. The van der Waals surface area contributed by atoms with Crippen molar-refractivity contribution in [2.24, 2.45) is 0 Å². The molecule has 3 aromatic rings. The zero-order valence-electron chi connectivity index (χ0n) is 19.6. The third-order valence-electron chi connectivity index (χ3n) is 5.04. The maximum absolute atomic E-state index is 12.5. The molecule has 0 saturated carbocycles. The Bertz CT molecular complexity index is 1180. The van der Waals surface area contributed by atoms with Gasteiger partial charge < -0.3 is 19.9 Å². The smallest absolute Gasteiger partial charge is 0.269 e. The number of carbonyl (C=O) groups is 2. The fourth-order valence-corrected chi connectivity index (χ4v) is 4.11. The second kappa shape index (κ2) is 12.0. The first kappa shape index (κ1) is 25.7. The van der Waals surface area contributed by atoms with Gasteiger partial charge in [-0.25, -0.2) is 0 Å². The van der Waals surface area contributed by atoms with Gasteiger partial charge in [0.05, 0.1) is 30.2 Å². The largest absolute Gasteiger partial charge is 0.497 e. The molecule has 0 aliphatic rings. The molecule has 0 bridgehead atoms. The number of benzene rings is 2. The van der Waals surface area contributed by atoms with Crippen molar-refractivity contribution in [3.63, 3.8) is 0 Å². The van der Waals surface area contributed by atoms with Gasteiger partial charge in [-0.15, -0.1) is 10.2 Å². The van der Waals surface area contributed by atoms with E-state index in [1.807, 2.05) is 30.5 Å². The Kier molecular flexibility index (Phi) is 8.79. The van der Waals surface area contributed by atoms with E-state index in [-0.39, 0.29) is 35.7 Å². The van der Waals surface area contributed by atoms with Crippen molar-refractivity contribution in [3.8, 4) is 5.75 Å². The SMILES string of the molecule is CCn1c(SCC(=O)Nc2ccc([N+](=O)[O-])cc2)nnc1[C@@H](C)NC(=O)Cc1ccc(OC)cc1. The summed E-state index contributed by atoms with van der Waals surface area (Å²) in [5.41, 5.74) is 1.28. The van der Waals surface area contributed by atoms with Crippen LogP contribution in [0.2, 0.25) is 0 Å². The number of hydrogen-bond acceptors (Lipinski definition) is 8. The number of non-ortho nitro benzene ring substituents is 1. The van der Waals surface area contributed by atoms with Gasteiger partial charge in [-0.2, -0.15) is 0 Å². The van der Waals surface area contributed by atoms with Crippen LogP contribution in [0, 0.1) is 10.1 Å². The molecule has 0 aliphatic carbocycles. The number of nitro benzene ring substituents is 1. The number of carbonyl (C=O) groups excluding carboxylic acids is 2. The van der Waals surface area contributed by atoms with Crippen LogP contribution in [0.15, 0.2) is 53.7 Å². The minimum Gasteiger partial charge on any atom is -0.497 e. The summed E-state index contributed by atoms with van der Waals surface area (Å²) in [7, 11) is 1.59. The highest BCUT2D eigenvalue weighted by Crippen LogP contribution is 2.22. The van der Waals surface area contributed by atoms with Crippen molar-refractivity contribution in [2.75, 3.05) is 18.2 Å². The molecule has 12 heteroatoms. The fraction of sp³-hybridized carbons (Fsp3) is 0.304. The van der Waals surface area contributed by atoms with E-state index in [0.717, 1.165) is 11.3 Å². The summed E-state index contributed by atoms with van der Waals surface area (Å²) < 4.78 is 6.98. The van der Waals surface area contributed by atoms with Crippen LogP contribution >= 0.6 is 11.8 Å². The number of methoxy groups -OCH3 is 1. The monoisotopic (exact) mass is 498 g/mol. The lowest BCUT2D eigenvalue weighted by molar-refractivity contribution is -0.384. The Morgan fingerprint density at radius 3 is 2.40 bits per heavy atom. The average molecular weight is 499 g/mol. The maximum Gasteiger partial charge on any atom is 0.269 e. The number of rotatable bonds is 11. The Labute approximate surface area is 206 Å². The second-order valence-electron chi connectivity index (χ2n) is 7.54. The van der Waals surface area contributed by atoms with Crippen LogP contribution in [0.5, 0.6) is 5.75 Å². The normalized spacial score (nSPS) is 11.5. The van der Waals surface area contributed by atoms with Crippen molar-refractivity contribution < 1.29 is 19.2 Å². The lowest BCUT2D eigenvalue weighted by Crippen LogP contribution is -2.30. The van der Waals surface area contributed by atoms with Crippen LogP contribution < -0.4 is 15.4 Å². The maximum atomic E-state index is 12.5. The summed E-state index contributed by atoms with van der Waals surface area (Å²) in [5, 5.41) is 25.3. The van der Waals surface area contributed by atoms with E-state index < -0.39 is 4.92 Å². The van der Waals surface area contributed by atoms with Crippen LogP contribution in [0.25, 0.3) is 0 Å². The molecule has 184 valence electrons. The molecule has 0 fully saturated rings. The number of amides is 2. The first-order chi connectivity index (χ1) is 16.8. The molecule has 0 unspecified atom stereocenters. The lowest BCUT2D eigenvalue weighted by Gasteiger charge is -2.15. The summed E-state index contributed by atoms with van der Waals surface area (Å²) in [5.74, 6) is 0.966. The molecule has 0 saturated heterocycles. The Morgan fingerprint density at radius 1 is 1.11 bits per heavy atom. The van der Waals surface area contributed by atoms with Gasteiger partial charge >= 0.3 is 0 Å². The van der Waals surface area contributed by atoms with Gasteiger partial charge in [0.1, 0.15) is 5.75 Å². The van der Waals surface area contributed by atoms with E-state index in [9.17, 15) is 19.7 Å². The minimum atomic E-state index is -0.501. The first-order valence-electron chi connectivity index (χ1n) is 10.8. The minimum absolute atomic E-state index is 0.0499. The van der Waals surface area contributed by atoms with E-state index in [1.54, 1.807) is 19.2 Å². The molecule has 0 radical (unpaired) electrons. The van der Waals surface area contributed by atoms with Gasteiger partial charge in [0.15, 0.2) is 11.0 Å². The predicted octanol–water partition coefficient (Wildman–Crippen LogP) is 3.37. The van der Waals surface area contributed by atoms with E-state index >= 15 is 0 Å². The van der Waals surface area contributed by atoms with E-state index in [0.29, 0.717) is 23.2 Å². The molecule has 1 heterocycles. The van der Waals surface area contributed by atoms with Crippen LogP contribution in [0.3, 0.4) is 0 Å². The first-order valence-corrected chi connectivity index (χ1v) is 11.8. The number of aromatic nitrogens is 3. The number of anilines is 1. The molecule has 2 N–H and O–H groups in total. The number of thioether (sulfide) groups is 1. The zero-order chi connectivity index (χ0) is 25.4. The number of ether oxygens (including phenoxy) is 1. The third kappa shape index (κ3) is 7.03. The fourth-order valence-electron chi connectivity index (χ4n) is 3.30. The van der Waals surface area contributed by atoms with Crippen molar-refractivity contribution in [1.82, 2.24) is 20.1 Å². The lowest BCUT2D eigenvalue weighted by atomic mass is 10.1. The number of nitrogens with zero attached hydrogens (tertiary/aromatic N) is 4. The molecule has 35 heavy (non-hydrogen) atoms. The summed E-state index contributed by atoms with van der Waals surface area (Å²) >= 11 is 1.21. The number of nitro groups is 1. The molecule has 3 rings (SSSR count). The predicted molar refractivity (Wildman–Crippen MR) is 131 cm³/mol. The van der Waals surface area contributed by atoms with Gasteiger partial charge in [0.25, 0.3) is 5.69 Å². The Hall–Kier alpha value is -3.93. The molecule has 2 amide bonds. The van der Waals surface area contributed by atoms with Crippen LogP contribution in [-0.4, -0.2) is 44.4 Å². The summed E-state index contributed by atoms with van der Waals surface area (Å²) in [6, 6.07) is 12.5. The number of hydrogen-bond donors (Lipinski definition) is 2. The molecule has 1 aromatic heterocycles. The molecular formula is C23H26N6O5S. The molecule has 2 aromatic carbocycles. The van der Waals surface area contributed by atoms with E-state index in [2.05, 4.69) is 20.8 Å². The van der Waals surface area contributed by atoms with Gasteiger partial charge in [-0.05, 0) is 43.7 Å². The molecule has 0 spiro atoms. The summed E-state index contributed by atoms with van der Waals surface area (Å²) in [6.45, 7) is 4.32. The van der Waals surface area contributed by atoms with Crippen molar-refractivity contribution in [1.29, 1.82) is 0 Å². The average Bonchev–Trinajstić information content (AvgIpc) is 3.26. The van der Waals surface area contributed by atoms with Crippen molar-refractivity contribution in [3.05, 3.63) is 70.0 Å². The number of nitrogens with one attached hydrogen (secondary N) is 2. The van der Waals surface area contributed by atoms with Crippen LogP contribution in [-0.2, 0) is 22.6 Å². The Balaban J connectivity index is 1.55. The molecular weight excluding hydrogens is 472 g/mol. The molecule has 1 atom stereocenters. The third-order valence-corrected chi connectivity index (χ3v) is 6.01. The van der Waals surface area contributed by atoms with Gasteiger partial charge in [0, 0.05) is 24.4 Å². The van der Waals surface area contributed by atoms with Crippen molar-refractivity contribution >= 4 is 35.0 Å². The Morgan fingerprint density at radius 2 is 1.80 bits per heavy atom. The highest BCUT2D eigenvalue weighted by molar-refractivity contribution is 7.99. The summed E-state index contributed by atoms with van der Waals surface area (Å²) in [4.78, 5) is 35.1. The molecule has 0 aliphatic heterocycles. The molecule has 11 nitrogen and oxygen atoms in total. The van der Waals surface area contributed by atoms with Crippen LogP contribution in [0.4, 0.5) is 11.4 Å². The van der Waals surface area contributed by atoms with Gasteiger partial charge in [0.2, 0.25) is 11.8 Å². The highest BCUT2D eigenvalue weighted by atomic mass is 32.2. The van der Waals surface area contributed by atoms with Crippen molar-refractivity contribution in [2.45, 2.75) is 38.0 Å². The van der Waals surface area contributed by atoms with E-state index in [4.69, 9.17) is 4.74 Å². The van der Waals surface area contributed by atoms with Crippen LogP contribution in [0.1, 0.15) is 31.3 Å². The standard InChI is InChI=1S/C23H26N6O5S/c1-4-28-22(15(2)24-20(30)13-16-5-11-19(34-3)12-6-16)26-27-23(28)35-14-21(31)25-17-7-9-18(10-8-17)29(32)33/h5-12,15H,4,13-14H2,1-3H3,(H,24,30)(H,25,31)/t15-/m1/s1. The highest BCUT2D eigenvalue weighted by Gasteiger charge is 2.20.